The quantitative estimate of drug-likeness (QED) is 0.784. The third-order valence-electron chi connectivity index (χ3n) is 6.00. The van der Waals surface area contributed by atoms with Crippen LogP contribution in [0.3, 0.4) is 0 Å². The molecule has 1 aromatic carbocycles. The monoisotopic (exact) mass is 387 g/mol. The molecular formula is C22H33N3O3. The second-order valence-electron chi connectivity index (χ2n) is 7.99. The van der Waals surface area contributed by atoms with E-state index in [2.05, 4.69) is 10.6 Å². The lowest BCUT2D eigenvalue weighted by Crippen LogP contribution is -2.48. The highest BCUT2D eigenvalue weighted by molar-refractivity contribution is 5.94. The van der Waals surface area contributed by atoms with Crippen LogP contribution in [-0.4, -0.2) is 49.6 Å². The Balaban J connectivity index is 1.34. The number of carbonyl (C=O) groups excluding carboxylic acids is 2. The van der Waals surface area contributed by atoms with E-state index < -0.39 is 0 Å². The van der Waals surface area contributed by atoms with Crippen LogP contribution >= 0.6 is 0 Å². The minimum atomic E-state index is -0.0665. The first-order valence-corrected chi connectivity index (χ1v) is 10.6. The number of methoxy groups -OCH3 is 1. The number of urea groups is 1. The van der Waals surface area contributed by atoms with Crippen LogP contribution < -0.4 is 15.4 Å². The molecule has 2 fully saturated rings. The lowest BCUT2D eigenvalue weighted by Gasteiger charge is -2.34. The molecule has 0 spiro atoms. The molecule has 0 unspecified atom stereocenters. The average molecular weight is 388 g/mol. The number of likely N-dealkylation sites (tertiary alicyclic amines) is 1. The summed E-state index contributed by atoms with van der Waals surface area (Å²) in [6, 6.07) is 7.67. The van der Waals surface area contributed by atoms with Crippen LogP contribution in [-0.2, 0) is 0 Å². The van der Waals surface area contributed by atoms with Crippen LogP contribution in [0.15, 0.2) is 24.3 Å². The van der Waals surface area contributed by atoms with Gasteiger partial charge in [-0.25, -0.2) is 4.79 Å². The number of hydrogen-bond acceptors (Lipinski definition) is 3. The summed E-state index contributed by atoms with van der Waals surface area (Å²) in [5.41, 5.74) is 0.619. The highest BCUT2D eigenvalue weighted by Gasteiger charge is 2.24. The van der Waals surface area contributed by atoms with Gasteiger partial charge in [-0.15, -0.1) is 0 Å². The van der Waals surface area contributed by atoms with Crippen LogP contribution in [0.25, 0.3) is 0 Å². The van der Waals surface area contributed by atoms with Crippen molar-refractivity contribution in [3.05, 3.63) is 29.8 Å². The molecule has 1 saturated carbocycles. The number of amides is 3. The van der Waals surface area contributed by atoms with Crippen molar-refractivity contribution >= 4 is 11.9 Å². The van der Waals surface area contributed by atoms with Crippen molar-refractivity contribution in [2.45, 2.75) is 57.4 Å². The summed E-state index contributed by atoms with van der Waals surface area (Å²) in [4.78, 5) is 26.6. The SMILES string of the molecule is COc1cccc(C(=O)NCCC2CCN(C(=O)NC3CCCCC3)CC2)c1. The van der Waals surface area contributed by atoms with Crippen molar-refractivity contribution in [1.29, 1.82) is 0 Å². The number of carbonyl (C=O) groups is 2. The lowest BCUT2D eigenvalue weighted by molar-refractivity contribution is 0.0949. The summed E-state index contributed by atoms with van der Waals surface area (Å²) in [7, 11) is 1.60. The van der Waals surface area contributed by atoms with Crippen molar-refractivity contribution in [3.8, 4) is 5.75 Å². The molecular weight excluding hydrogens is 354 g/mol. The zero-order chi connectivity index (χ0) is 19.8. The first kappa shape index (κ1) is 20.5. The fraction of sp³-hybridized carbons (Fsp3) is 0.636. The molecule has 1 aliphatic carbocycles. The summed E-state index contributed by atoms with van der Waals surface area (Å²) in [6.45, 7) is 2.29. The molecule has 1 aliphatic heterocycles. The number of ether oxygens (including phenoxy) is 1. The van der Waals surface area contributed by atoms with Crippen molar-refractivity contribution in [2.75, 3.05) is 26.7 Å². The smallest absolute Gasteiger partial charge is 0.317 e. The largest absolute Gasteiger partial charge is 0.497 e. The molecule has 3 amide bonds. The predicted molar refractivity (Wildman–Crippen MR) is 110 cm³/mol. The van der Waals surface area contributed by atoms with Crippen LogP contribution in [0, 0.1) is 5.92 Å². The second-order valence-corrected chi connectivity index (χ2v) is 7.99. The minimum Gasteiger partial charge on any atom is -0.497 e. The highest BCUT2D eigenvalue weighted by atomic mass is 16.5. The Morgan fingerprint density at radius 2 is 1.86 bits per heavy atom. The van der Waals surface area contributed by atoms with Gasteiger partial charge in [0.2, 0.25) is 0 Å². The van der Waals surface area contributed by atoms with Crippen molar-refractivity contribution in [1.82, 2.24) is 15.5 Å². The zero-order valence-corrected chi connectivity index (χ0v) is 16.9. The van der Waals surface area contributed by atoms with E-state index in [0.717, 1.165) is 45.2 Å². The van der Waals surface area contributed by atoms with Gasteiger partial charge in [0.1, 0.15) is 5.75 Å². The van der Waals surface area contributed by atoms with Gasteiger partial charge in [-0.1, -0.05) is 25.3 Å². The standard InChI is InChI=1S/C22H33N3O3/c1-28-20-9-5-6-18(16-20)21(26)23-13-10-17-11-14-25(15-12-17)22(27)24-19-7-3-2-4-8-19/h5-6,9,16-17,19H,2-4,7-8,10-15H2,1H3,(H,23,26)(H,24,27). The summed E-state index contributed by atoms with van der Waals surface area (Å²) in [6.07, 6.45) is 8.97. The number of piperidine rings is 1. The van der Waals surface area contributed by atoms with Gasteiger partial charge in [0.05, 0.1) is 7.11 Å². The van der Waals surface area contributed by atoms with Crippen molar-refractivity contribution < 1.29 is 14.3 Å². The molecule has 1 heterocycles. The fourth-order valence-electron chi connectivity index (χ4n) is 4.19. The zero-order valence-electron chi connectivity index (χ0n) is 16.9. The van der Waals surface area contributed by atoms with Gasteiger partial charge in [0.15, 0.2) is 0 Å². The van der Waals surface area contributed by atoms with Crippen LogP contribution in [0.1, 0.15) is 61.7 Å². The normalized spacial score (nSPS) is 18.5. The van der Waals surface area contributed by atoms with Crippen LogP contribution in [0.4, 0.5) is 4.79 Å². The van der Waals surface area contributed by atoms with Gasteiger partial charge in [0, 0.05) is 31.2 Å². The molecule has 0 radical (unpaired) electrons. The van der Waals surface area contributed by atoms with Gasteiger partial charge in [0.25, 0.3) is 5.91 Å². The fourth-order valence-corrected chi connectivity index (χ4v) is 4.19. The van der Waals surface area contributed by atoms with Crippen molar-refractivity contribution in [2.24, 2.45) is 5.92 Å². The Morgan fingerprint density at radius 3 is 2.57 bits per heavy atom. The molecule has 6 heteroatoms. The van der Waals surface area contributed by atoms with Gasteiger partial charge in [-0.3, -0.25) is 4.79 Å². The van der Waals surface area contributed by atoms with Gasteiger partial charge in [-0.2, -0.15) is 0 Å². The van der Waals surface area contributed by atoms with E-state index in [1.54, 1.807) is 19.2 Å². The Labute approximate surface area is 168 Å². The molecule has 154 valence electrons. The lowest BCUT2D eigenvalue weighted by atomic mass is 9.93. The first-order chi connectivity index (χ1) is 13.7. The Hall–Kier alpha value is -2.24. The van der Waals surface area contributed by atoms with Crippen LogP contribution in [0.5, 0.6) is 5.75 Å². The number of benzene rings is 1. The summed E-state index contributed by atoms with van der Waals surface area (Å²) < 4.78 is 5.16. The average Bonchev–Trinajstić information content (AvgIpc) is 2.75. The molecule has 1 saturated heterocycles. The maximum Gasteiger partial charge on any atom is 0.317 e. The topological polar surface area (TPSA) is 70.7 Å². The van der Waals surface area contributed by atoms with Crippen molar-refractivity contribution in [3.63, 3.8) is 0 Å². The molecule has 3 rings (SSSR count). The van der Waals surface area contributed by atoms with Gasteiger partial charge < -0.3 is 20.3 Å². The molecule has 6 nitrogen and oxygen atoms in total. The van der Waals surface area contributed by atoms with Crippen LogP contribution in [0.2, 0.25) is 0 Å². The maximum absolute atomic E-state index is 12.4. The number of nitrogens with zero attached hydrogens (tertiary/aromatic N) is 1. The third-order valence-corrected chi connectivity index (χ3v) is 6.00. The summed E-state index contributed by atoms with van der Waals surface area (Å²) in [5.74, 6) is 1.18. The van der Waals surface area contributed by atoms with Gasteiger partial charge >= 0.3 is 6.03 Å². The second kappa shape index (κ2) is 10.3. The molecule has 2 aliphatic rings. The van der Waals surface area contributed by atoms with E-state index in [-0.39, 0.29) is 11.9 Å². The predicted octanol–water partition coefficient (Wildman–Crippen LogP) is 3.57. The van der Waals surface area contributed by atoms with E-state index in [0.29, 0.717) is 29.8 Å². The molecule has 2 N–H and O–H groups in total. The van der Waals surface area contributed by atoms with E-state index >= 15 is 0 Å². The number of nitrogens with one attached hydrogen (secondary N) is 2. The van der Waals surface area contributed by atoms with E-state index in [1.807, 2.05) is 17.0 Å². The van der Waals surface area contributed by atoms with E-state index in [1.165, 1.54) is 19.3 Å². The molecule has 0 bridgehead atoms. The third kappa shape index (κ3) is 5.88. The Kier molecular flexibility index (Phi) is 7.57. The molecule has 1 aromatic rings. The summed E-state index contributed by atoms with van der Waals surface area (Å²) in [5, 5.41) is 6.21. The Morgan fingerprint density at radius 1 is 1.11 bits per heavy atom. The molecule has 0 atom stereocenters. The first-order valence-electron chi connectivity index (χ1n) is 10.6. The molecule has 0 aromatic heterocycles. The highest BCUT2D eigenvalue weighted by Crippen LogP contribution is 2.22. The van der Waals surface area contributed by atoms with E-state index in [9.17, 15) is 9.59 Å². The number of rotatable bonds is 6. The molecule has 28 heavy (non-hydrogen) atoms. The Bertz CT molecular complexity index is 650. The number of hydrogen-bond donors (Lipinski definition) is 2. The summed E-state index contributed by atoms with van der Waals surface area (Å²) >= 11 is 0. The maximum atomic E-state index is 12.4. The van der Waals surface area contributed by atoms with Gasteiger partial charge in [-0.05, 0) is 56.2 Å². The minimum absolute atomic E-state index is 0.0665. The van der Waals surface area contributed by atoms with E-state index in [4.69, 9.17) is 4.74 Å².